The van der Waals surface area contributed by atoms with E-state index in [0.29, 0.717) is 0 Å². The van der Waals surface area contributed by atoms with Crippen LogP contribution in [0.2, 0.25) is 88.6 Å². The molecule has 29 heavy (non-hydrogen) atoms. The summed E-state index contributed by atoms with van der Waals surface area (Å²) in [5.41, 5.74) is 1.88. The minimum atomic E-state index is -1.62. The monoisotopic (exact) mass is 474 g/mol. The Labute approximate surface area is 190 Å². The first kappa shape index (κ1) is 29.8. The summed E-state index contributed by atoms with van der Waals surface area (Å²) in [5.74, 6) is 0. The van der Waals surface area contributed by atoms with E-state index in [9.17, 15) is 0 Å². The SMILES string of the molecule is CCCCCC(C[Si](C)(C)O[Si](C)(C)CC(CCCCC)[Si](C)(C)C)[Si](C)(C)C. The zero-order valence-corrected chi connectivity index (χ0v) is 26.6. The fourth-order valence-electron chi connectivity index (χ4n) is 4.98. The highest BCUT2D eigenvalue weighted by molar-refractivity contribution is 6.88. The number of hydrogen-bond donors (Lipinski definition) is 0. The highest BCUT2D eigenvalue weighted by atomic mass is 28.4. The number of unbranched alkanes of at least 4 members (excludes halogenated alkanes) is 4. The Kier molecular flexibility index (Phi) is 13.1. The third-order valence-electron chi connectivity index (χ3n) is 6.79. The van der Waals surface area contributed by atoms with Gasteiger partial charge in [0.05, 0.1) is 0 Å². The summed E-state index contributed by atoms with van der Waals surface area (Å²) in [6.45, 7) is 30.3. The second-order valence-corrected chi connectivity index (χ2v) is 32.9. The normalized spacial score (nSPS) is 16.1. The van der Waals surface area contributed by atoms with Gasteiger partial charge in [0.25, 0.3) is 0 Å². The third-order valence-corrected chi connectivity index (χ3v) is 20.9. The number of rotatable bonds is 16. The molecule has 0 spiro atoms. The smallest absolute Gasteiger partial charge is 0.173 e. The fourth-order valence-corrected chi connectivity index (χ4v) is 24.4. The van der Waals surface area contributed by atoms with E-state index in [0.717, 1.165) is 11.1 Å². The molecule has 0 aromatic heterocycles. The first-order valence-corrected chi connectivity index (χ1v) is 26.1. The lowest BCUT2D eigenvalue weighted by Gasteiger charge is -2.42. The van der Waals surface area contributed by atoms with Crippen LogP contribution in [-0.4, -0.2) is 32.8 Å². The first-order chi connectivity index (χ1) is 13.0. The third kappa shape index (κ3) is 13.8. The standard InChI is InChI=1S/C24H58OSi4/c1-13-15-17-19-23(26(3,4)5)21-28(9,10)25-29(11,12)22-24(27(6,7)8)20-18-16-14-2/h23-24H,13-22H2,1-12H3. The molecule has 176 valence electrons. The molecule has 0 aliphatic carbocycles. The lowest BCUT2D eigenvalue weighted by molar-refractivity contribution is 0.517. The summed E-state index contributed by atoms with van der Waals surface area (Å²) in [5, 5.41) is 0. The molecule has 0 N–H and O–H groups in total. The molecule has 2 atom stereocenters. The number of hydrogen-bond acceptors (Lipinski definition) is 1. The van der Waals surface area contributed by atoms with E-state index in [-0.39, 0.29) is 0 Å². The van der Waals surface area contributed by atoms with Crippen molar-refractivity contribution >= 4 is 32.8 Å². The van der Waals surface area contributed by atoms with Crippen molar-refractivity contribution in [3.8, 4) is 0 Å². The molecule has 0 saturated heterocycles. The molecule has 1 nitrogen and oxygen atoms in total. The van der Waals surface area contributed by atoms with Crippen LogP contribution in [-0.2, 0) is 4.12 Å². The zero-order chi connectivity index (χ0) is 22.9. The molecule has 0 bridgehead atoms. The van der Waals surface area contributed by atoms with Crippen LogP contribution < -0.4 is 0 Å². The van der Waals surface area contributed by atoms with Crippen molar-refractivity contribution in [2.75, 3.05) is 0 Å². The Balaban J connectivity index is 5.12. The average Bonchev–Trinajstić information content (AvgIpc) is 2.50. The van der Waals surface area contributed by atoms with Crippen molar-refractivity contribution in [2.45, 2.75) is 154 Å². The molecule has 0 aromatic carbocycles. The van der Waals surface area contributed by atoms with Crippen LogP contribution in [0, 0.1) is 0 Å². The second-order valence-electron chi connectivity index (χ2n) is 13.1. The van der Waals surface area contributed by atoms with E-state index in [4.69, 9.17) is 4.12 Å². The Bertz CT molecular complexity index is 395. The van der Waals surface area contributed by atoms with Gasteiger partial charge in [-0.05, 0) is 49.4 Å². The molecule has 5 heteroatoms. The fraction of sp³-hybridized carbons (Fsp3) is 1.00. The van der Waals surface area contributed by atoms with Crippen LogP contribution in [0.4, 0.5) is 0 Å². The van der Waals surface area contributed by atoms with Crippen molar-refractivity contribution in [3.63, 3.8) is 0 Å². The highest BCUT2D eigenvalue weighted by Gasteiger charge is 2.40. The molecule has 0 fully saturated rings. The van der Waals surface area contributed by atoms with Gasteiger partial charge in [-0.15, -0.1) is 0 Å². The van der Waals surface area contributed by atoms with Gasteiger partial charge >= 0.3 is 0 Å². The minimum absolute atomic E-state index is 0.942. The first-order valence-electron chi connectivity index (χ1n) is 12.7. The van der Waals surface area contributed by atoms with E-state index in [1.54, 1.807) is 0 Å². The van der Waals surface area contributed by atoms with Crippen molar-refractivity contribution in [1.29, 1.82) is 0 Å². The molecule has 0 saturated carbocycles. The summed E-state index contributed by atoms with van der Waals surface area (Å²) >= 11 is 0. The van der Waals surface area contributed by atoms with Crippen LogP contribution in [0.15, 0.2) is 0 Å². The van der Waals surface area contributed by atoms with Crippen LogP contribution >= 0.6 is 0 Å². The molecule has 0 aliphatic heterocycles. The largest absolute Gasteiger partial charge is 0.455 e. The molecule has 0 amide bonds. The van der Waals surface area contributed by atoms with Gasteiger partial charge < -0.3 is 4.12 Å². The summed E-state index contributed by atoms with van der Waals surface area (Å²) in [6.07, 6.45) is 11.2. The van der Waals surface area contributed by atoms with Crippen molar-refractivity contribution < 1.29 is 4.12 Å². The van der Waals surface area contributed by atoms with E-state index in [2.05, 4.69) is 79.3 Å². The molecule has 0 aromatic rings. The van der Waals surface area contributed by atoms with Gasteiger partial charge in [0.1, 0.15) is 0 Å². The summed E-state index contributed by atoms with van der Waals surface area (Å²) in [7, 11) is -5.51. The average molecular weight is 475 g/mol. The van der Waals surface area contributed by atoms with Gasteiger partial charge in [-0.2, -0.15) is 0 Å². The van der Waals surface area contributed by atoms with Gasteiger partial charge in [-0.1, -0.05) is 104 Å². The van der Waals surface area contributed by atoms with Crippen LogP contribution in [0.5, 0.6) is 0 Å². The quantitative estimate of drug-likeness (QED) is 0.160. The van der Waals surface area contributed by atoms with Crippen molar-refractivity contribution in [3.05, 3.63) is 0 Å². The van der Waals surface area contributed by atoms with Crippen LogP contribution in [0.1, 0.15) is 65.2 Å². The molecule has 2 unspecified atom stereocenters. The van der Waals surface area contributed by atoms with Gasteiger partial charge in [0, 0.05) is 16.1 Å². The zero-order valence-electron chi connectivity index (χ0n) is 22.6. The van der Waals surface area contributed by atoms with Gasteiger partial charge in [0.15, 0.2) is 16.6 Å². The van der Waals surface area contributed by atoms with E-state index in [1.165, 1.54) is 63.5 Å². The lowest BCUT2D eigenvalue weighted by Crippen LogP contribution is -2.48. The molecule has 0 radical (unpaired) electrons. The molecular weight excluding hydrogens is 417 g/mol. The van der Waals surface area contributed by atoms with Gasteiger partial charge in [-0.25, -0.2) is 0 Å². The summed E-state index contributed by atoms with van der Waals surface area (Å²) in [6, 6.07) is 2.80. The topological polar surface area (TPSA) is 9.23 Å². The summed E-state index contributed by atoms with van der Waals surface area (Å²) in [4.78, 5) is 0. The van der Waals surface area contributed by atoms with Crippen LogP contribution in [0.25, 0.3) is 0 Å². The molecule has 0 aliphatic rings. The lowest BCUT2D eigenvalue weighted by atomic mass is 10.2. The van der Waals surface area contributed by atoms with E-state index >= 15 is 0 Å². The Hall–Kier alpha value is 0.828. The highest BCUT2D eigenvalue weighted by Crippen LogP contribution is 2.40. The van der Waals surface area contributed by atoms with Crippen molar-refractivity contribution in [2.24, 2.45) is 0 Å². The maximum Gasteiger partial charge on any atom is 0.173 e. The van der Waals surface area contributed by atoms with Crippen molar-refractivity contribution in [1.82, 2.24) is 0 Å². The maximum absolute atomic E-state index is 7.21. The van der Waals surface area contributed by atoms with Gasteiger partial charge in [0.2, 0.25) is 0 Å². The Morgan fingerprint density at radius 1 is 0.517 bits per heavy atom. The van der Waals surface area contributed by atoms with E-state index in [1.807, 2.05) is 0 Å². The molecular formula is C24H58OSi4. The Morgan fingerprint density at radius 3 is 1.07 bits per heavy atom. The summed E-state index contributed by atoms with van der Waals surface area (Å²) < 4.78 is 7.21. The molecule has 0 heterocycles. The van der Waals surface area contributed by atoms with Gasteiger partial charge in [-0.3, -0.25) is 0 Å². The predicted octanol–water partition coefficient (Wildman–Crippen LogP) is 9.99. The predicted molar refractivity (Wildman–Crippen MR) is 148 cm³/mol. The molecule has 0 rings (SSSR count). The van der Waals surface area contributed by atoms with Crippen LogP contribution in [0.3, 0.4) is 0 Å². The second kappa shape index (κ2) is 12.8. The maximum atomic E-state index is 7.21. The Morgan fingerprint density at radius 2 is 0.828 bits per heavy atom. The minimum Gasteiger partial charge on any atom is -0.455 e. The van der Waals surface area contributed by atoms with E-state index < -0.39 is 32.8 Å².